The first kappa shape index (κ1) is 8.74. The predicted molar refractivity (Wildman–Crippen MR) is 49.4 cm³/mol. The maximum atomic E-state index is 5.08. The zero-order valence-corrected chi connectivity index (χ0v) is 8.18. The van der Waals surface area contributed by atoms with Gasteiger partial charge in [0.2, 0.25) is 5.88 Å². The van der Waals surface area contributed by atoms with Crippen LogP contribution in [0.1, 0.15) is 0 Å². The Morgan fingerprint density at radius 1 is 1.21 bits per heavy atom. The Hall–Kier alpha value is -1.85. The van der Waals surface area contributed by atoms with Crippen LogP contribution in [0, 0.1) is 0 Å². The molecular weight excluding hydrogens is 184 g/mol. The highest BCUT2D eigenvalue weighted by molar-refractivity contribution is 5.76. The molecule has 0 unspecified atom stereocenters. The van der Waals surface area contributed by atoms with Crippen LogP contribution in [0.3, 0.4) is 0 Å². The molecule has 0 N–H and O–H groups in total. The van der Waals surface area contributed by atoms with Gasteiger partial charge in [-0.1, -0.05) is 0 Å². The van der Waals surface area contributed by atoms with Gasteiger partial charge in [-0.3, -0.25) is 0 Å². The highest BCUT2D eigenvalue weighted by Crippen LogP contribution is 2.22. The lowest BCUT2D eigenvalue weighted by Crippen LogP contribution is -1.98. The average Bonchev–Trinajstić information content (AvgIpc) is 2.59. The van der Waals surface area contributed by atoms with Gasteiger partial charge in [0, 0.05) is 7.05 Å². The van der Waals surface area contributed by atoms with Crippen LogP contribution in [-0.4, -0.2) is 33.7 Å². The second kappa shape index (κ2) is 3.13. The highest BCUT2D eigenvalue weighted by atomic mass is 16.5. The fraction of sp³-hybridized carbons (Fsp3) is 0.375. The minimum atomic E-state index is 0.276. The first-order valence-electron chi connectivity index (χ1n) is 4.03. The number of rotatable bonds is 2. The van der Waals surface area contributed by atoms with Crippen molar-refractivity contribution in [3.63, 3.8) is 0 Å². The van der Waals surface area contributed by atoms with Gasteiger partial charge in [-0.15, -0.1) is 0 Å². The molecule has 2 aromatic rings. The molecule has 0 aliphatic carbocycles. The van der Waals surface area contributed by atoms with Gasteiger partial charge in [-0.05, 0) is 0 Å². The van der Waals surface area contributed by atoms with Crippen LogP contribution in [0.2, 0.25) is 0 Å². The van der Waals surface area contributed by atoms with E-state index in [0.29, 0.717) is 17.0 Å². The summed E-state index contributed by atoms with van der Waals surface area (Å²) in [7, 11) is 4.90. The third-order valence-electron chi connectivity index (χ3n) is 1.88. The van der Waals surface area contributed by atoms with Crippen molar-refractivity contribution in [1.29, 1.82) is 0 Å². The van der Waals surface area contributed by atoms with Gasteiger partial charge >= 0.3 is 6.01 Å². The summed E-state index contributed by atoms with van der Waals surface area (Å²) in [5.41, 5.74) is 1.32. The topological polar surface area (TPSA) is 62.1 Å². The first-order valence-corrected chi connectivity index (χ1v) is 4.03. The number of aromatic nitrogens is 4. The highest BCUT2D eigenvalue weighted by Gasteiger charge is 2.11. The van der Waals surface area contributed by atoms with Gasteiger partial charge in [0.1, 0.15) is 0 Å². The van der Waals surface area contributed by atoms with Crippen LogP contribution in [-0.2, 0) is 7.05 Å². The smallest absolute Gasteiger partial charge is 0.321 e. The van der Waals surface area contributed by atoms with Crippen LogP contribution in [0.4, 0.5) is 0 Å². The van der Waals surface area contributed by atoms with E-state index in [0.717, 1.165) is 0 Å². The van der Waals surface area contributed by atoms with Crippen molar-refractivity contribution in [2.75, 3.05) is 14.2 Å². The summed E-state index contributed by atoms with van der Waals surface area (Å²) in [6, 6.07) is 0.276. The zero-order valence-electron chi connectivity index (χ0n) is 8.18. The van der Waals surface area contributed by atoms with Crippen molar-refractivity contribution >= 4 is 11.2 Å². The number of imidazole rings is 1. The maximum Gasteiger partial charge on any atom is 0.321 e. The normalized spacial score (nSPS) is 10.5. The summed E-state index contributed by atoms with van der Waals surface area (Å²) < 4.78 is 11.8. The Kier molecular flexibility index (Phi) is 1.95. The van der Waals surface area contributed by atoms with E-state index in [1.807, 2.05) is 7.05 Å². The molecule has 6 heteroatoms. The van der Waals surface area contributed by atoms with Crippen molar-refractivity contribution in [2.45, 2.75) is 0 Å². The van der Waals surface area contributed by atoms with Crippen LogP contribution in [0.5, 0.6) is 11.9 Å². The predicted octanol–water partition coefficient (Wildman–Crippen LogP) is 0.380. The number of hydrogen-bond acceptors (Lipinski definition) is 5. The molecule has 0 saturated carbocycles. The molecule has 0 saturated heterocycles. The zero-order chi connectivity index (χ0) is 10.1. The van der Waals surface area contributed by atoms with Gasteiger partial charge in [0.25, 0.3) is 0 Å². The molecule has 0 aromatic carbocycles. The van der Waals surface area contributed by atoms with Crippen molar-refractivity contribution in [2.24, 2.45) is 7.05 Å². The standard InChI is InChI=1S/C8H10N4O2/c1-12-4-9-5-6(12)10-8(14-3)11-7(5)13-2/h4H,1-3H3. The second-order valence-electron chi connectivity index (χ2n) is 2.75. The minimum Gasteiger partial charge on any atom is -0.479 e. The van der Waals surface area contributed by atoms with Crippen LogP contribution >= 0.6 is 0 Å². The Bertz CT molecular complexity index is 466. The summed E-state index contributed by atoms with van der Waals surface area (Å²) in [5.74, 6) is 0.424. The molecule has 0 bridgehead atoms. The van der Waals surface area contributed by atoms with Crippen molar-refractivity contribution in [3.05, 3.63) is 6.33 Å². The van der Waals surface area contributed by atoms with Crippen LogP contribution in [0.15, 0.2) is 6.33 Å². The molecule has 14 heavy (non-hydrogen) atoms. The molecule has 0 aliphatic rings. The van der Waals surface area contributed by atoms with Crippen LogP contribution in [0.25, 0.3) is 11.2 Å². The van der Waals surface area contributed by atoms with E-state index < -0.39 is 0 Å². The van der Waals surface area contributed by atoms with Crippen molar-refractivity contribution < 1.29 is 9.47 Å². The SMILES string of the molecule is COc1nc(OC)c2ncn(C)c2n1. The second-order valence-corrected chi connectivity index (χ2v) is 2.75. The number of aryl methyl sites for hydroxylation is 1. The lowest BCUT2D eigenvalue weighted by molar-refractivity contribution is 0.356. The van der Waals surface area contributed by atoms with E-state index in [-0.39, 0.29) is 6.01 Å². The number of nitrogens with zero attached hydrogens (tertiary/aromatic N) is 4. The van der Waals surface area contributed by atoms with Gasteiger partial charge in [-0.2, -0.15) is 9.97 Å². The molecule has 0 atom stereocenters. The fourth-order valence-corrected chi connectivity index (χ4v) is 1.20. The molecule has 2 aromatic heterocycles. The van der Waals surface area contributed by atoms with E-state index in [1.54, 1.807) is 10.9 Å². The molecule has 0 radical (unpaired) electrons. The number of ether oxygens (including phenoxy) is 2. The lowest BCUT2D eigenvalue weighted by atomic mass is 10.5. The largest absolute Gasteiger partial charge is 0.479 e. The van der Waals surface area contributed by atoms with E-state index in [4.69, 9.17) is 9.47 Å². The third kappa shape index (κ3) is 1.15. The molecule has 0 amide bonds. The van der Waals surface area contributed by atoms with E-state index in [9.17, 15) is 0 Å². The molecular formula is C8H10N4O2. The summed E-state index contributed by atoms with van der Waals surface area (Å²) >= 11 is 0. The van der Waals surface area contributed by atoms with Crippen molar-refractivity contribution in [3.8, 4) is 11.9 Å². The van der Waals surface area contributed by atoms with E-state index in [1.165, 1.54) is 14.2 Å². The molecule has 2 rings (SSSR count). The van der Waals surface area contributed by atoms with E-state index in [2.05, 4.69) is 15.0 Å². The van der Waals surface area contributed by atoms with Crippen molar-refractivity contribution in [1.82, 2.24) is 19.5 Å². The Morgan fingerprint density at radius 2 is 2.00 bits per heavy atom. The molecule has 0 fully saturated rings. The molecule has 0 spiro atoms. The summed E-state index contributed by atoms with van der Waals surface area (Å²) in [6.45, 7) is 0. The first-order chi connectivity index (χ1) is 6.76. The Labute approximate surface area is 80.5 Å². The summed E-state index contributed by atoms with van der Waals surface area (Å²) in [6.07, 6.45) is 1.65. The Morgan fingerprint density at radius 3 is 2.64 bits per heavy atom. The Balaban J connectivity index is 2.76. The summed E-state index contributed by atoms with van der Waals surface area (Å²) in [4.78, 5) is 12.3. The maximum absolute atomic E-state index is 5.08. The third-order valence-corrected chi connectivity index (χ3v) is 1.88. The van der Waals surface area contributed by atoms with E-state index >= 15 is 0 Å². The average molecular weight is 194 g/mol. The van der Waals surface area contributed by atoms with Gasteiger partial charge in [0.15, 0.2) is 11.2 Å². The number of fused-ring (bicyclic) bond motifs is 1. The van der Waals surface area contributed by atoms with Gasteiger partial charge < -0.3 is 14.0 Å². The van der Waals surface area contributed by atoms with Crippen LogP contribution < -0.4 is 9.47 Å². The minimum absolute atomic E-state index is 0.276. The molecule has 6 nitrogen and oxygen atoms in total. The molecule has 2 heterocycles. The number of methoxy groups -OCH3 is 2. The summed E-state index contributed by atoms with van der Waals surface area (Å²) in [5, 5.41) is 0. The van der Waals surface area contributed by atoms with Gasteiger partial charge in [-0.25, -0.2) is 4.98 Å². The monoisotopic (exact) mass is 194 g/mol. The van der Waals surface area contributed by atoms with Gasteiger partial charge in [0.05, 0.1) is 20.5 Å². The number of hydrogen-bond donors (Lipinski definition) is 0. The lowest BCUT2D eigenvalue weighted by Gasteiger charge is -2.02. The quantitative estimate of drug-likeness (QED) is 0.691. The molecule has 74 valence electrons. The fourth-order valence-electron chi connectivity index (χ4n) is 1.20. The molecule has 0 aliphatic heterocycles.